The summed E-state index contributed by atoms with van der Waals surface area (Å²) in [5.41, 5.74) is 2.63. The third-order valence-electron chi connectivity index (χ3n) is 5.31. The van der Waals surface area contributed by atoms with Gasteiger partial charge in [-0.15, -0.1) is 0 Å². The molecule has 5 nitrogen and oxygen atoms in total. The fourth-order valence-electron chi connectivity index (χ4n) is 3.84. The van der Waals surface area contributed by atoms with Crippen molar-refractivity contribution in [1.82, 2.24) is 14.5 Å². The standard InChI is InChI=1S/C21H20ClF2N3O2/c1-3-17(12-4-5-12)27-19-18(26-11(2)20(27)28)15(8-9-25-19)14-7-6-13(10-16(14)22)29-21(23)24/h6-10,12,17,21H,3-5H2,1-2H3/t17-/m0/s1. The Morgan fingerprint density at radius 3 is 2.66 bits per heavy atom. The third kappa shape index (κ3) is 3.71. The molecule has 0 spiro atoms. The molecule has 29 heavy (non-hydrogen) atoms. The molecular weight excluding hydrogens is 400 g/mol. The van der Waals surface area contributed by atoms with Crippen LogP contribution in [-0.2, 0) is 0 Å². The molecule has 8 heteroatoms. The first-order valence-electron chi connectivity index (χ1n) is 9.53. The molecule has 0 bridgehead atoms. The quantitative estimate of drug-likeness (QED) is 0.538. The van der Waals surface area contributed by atoms with Crippen LogP contribution in [0.3, 0.4) is 0 Å². The van der Waals surface area contributed by atoms with Crippen LogP contribution in [0.1, 0.15) is 37.9 Å². The molecule has 4 rings (SSSR count). The molecule has 1 aliphatic carbocycles. The molecule has 0 N–H and O–H groups in total. The maximum Gasteiger partial charge on any atom is 0.387 e. The van der Waals surface area contributed by atoms with Gasteiger partial charge in [0.15, 0.2) is 5.65 Å². The average Bonchev–Trinajstić information content (AvgIpc) is 3.50. The fraction of sp³-hybridized carbons (Fsp3) is 0.381. The second kappa shape index (κ2) is 7.71. The van der Waals surface area contributed by atoms with Crippen molar-refractivity contribution in [3.8, 4) is 16.9 Å². The van der Waals surface area contributed by atoms with Crippen molar-refractivity contribution in [1.29, 1.82) is 0 Å². The van der Waals surface area contributed by atoms with E-state index in [9.17, 15) is 13.6 Å². The summed E-state index contributed by atoms with van der Waals surface area (Å²) in [5.74, 6) is 0.454. The highest BCUT2D eigenvalue weighted by atomic mass is 35.5. The average molecular weight is 420 g/mol. The van der Waals surface area contributed by atoms with Crippen LogP contribution < -0.4 is 10.3 Å². The Bertz CT molecular complexity index is 1130. The first-order valence-corrected chi connectivity index (χ1v) is 9.91. The zero-order valence-electron chi connectivity index (χ0n) is 16.0. The van der Waals surface area contributed by atoms with Crippen LogP contribution in [0.4, 0.5) is 8.78 Å². The van der Waals surface area contributed by atoms with Gasteiger partial charge in [0.2, 0.25) is 0 Å². The molecule has 0 unspecified atom stereocenters. The van der Waals surface area contributed by atoms with Crippen molar-refractivity contribution in [2.75, 3.05) is 0 Å². The van der Waals surface area contributed by atoms with Gasteiger partial charge in [0.1, 0.15) is 17.0 Å². The number of nitrogens with zero attached hydrogens (tertiary/aromatic N) is 3. The molecule has 0 amide bonds. The Morgan fingerprint density at radius 1 is 1.28 bits per heavy atom. The van der Waals surface area contributed by atoms with Crippen molar-refractivity contribution in [3.63, 3.8) is 0 Å². The number of alkyl halides is 2. The fourth-order valence-corrected chi connectivity index (χ4v) is 4.11. The minimum Gasteiger partial charge on any atom is -0.435 e. The van der Waals surface area contributed by atoms with E-state index in [4.69, 9.17) is 11.6 Å². The molecule has 0 aliphatic heterocycles. The van der Waals surface area contributed by atoms with E-state index in [2.05, 4.69) is 21.6 Å². The number of fused-ring (bicyclic) bond motifs is 1. The van der Waals surface area contributed by atoms with Gasteiger partial charge in [0.05, 0.1) is 5.02 Å². The van der Waals surface area contributed by atoms with Gasteiger partial charge < -0.3 is 4.74 Å². The molecule has 1 saturated carbocycles. The lowest BCUT2D eigenvalue weighted by molar-refractivity contribution is -0.0498. The zero-order chi connectivity index (χ0) is 20.7. The number of hydrogen-bond acceptors (Lipinski definition) is 4. The van der Waals surface area contributed by atoms with E-state index in [-0.39, 0.29) is 22.4 Å². The molecular formula is C21H20ClF2N3O2. The summed E-state index contributed by atoms with van der Waals surface area (Å²) in [5, 5.41) is 0.252. The molecule has 152 valence electrons. The normalized spacial score (nSPS) is 15.1. The number of hydrogen-bond donors (Lipinski definition) is 0. The lowest BCUT2D eigenvalue weighted by Gasteiger charge is -2.21. The van der Waals surface area contributed by atoms with E-state index < -0.39 is 6.61 Å². The summed E-state index contributed by atoms with van der Waals surface area (Å²) in [6, 6.07) is 6.22. The van der Waals surface area contributed by atoms with E-state index >= 15 is 0 Å². The van der Waals surface area contributed by atoms with Crippen LogP contribution in [0.15, 0.2) is 35.3 Å². The zero-order valence-corrected chi connectivity index (χ0v) is 16.8. The molecule has 1 atom stereocenters. The number of pyridine rings is 1. The van der Waals surface area contributed by atoms with Crippen LogP contribution in [0.25, 0.3) is 22.3 Å². The maximum absolute atomic E-state index is 12.9. The smallest absolute Gasteiger partial charge is 0.387 e. The second-order valence-electron chi connectivity index (χ2n) is 7.24. The molecule has 2 aromatic heterocycles. The van der Waals surface area contributed by atoms with Crippen LogP contribution in [0.2, 0.25) is 5.02 Å². The SMILES string of the molecule is CC[C@@H](C1CC1)n1c(=O)c(C)nc2c(-c3ccc(OC(F)F)cc3Cl)ccnc21. The van der Waals surface area contributed by atoms with Crippen LogP contribution in [0.5, 0.6) is 5.75 Å². The van der Waals surface area contributed by atoms with Crippen molar-refractivity contribution < 1.29 is 13.5 Å². The summed E-state index contributed by atoms with van der Waals surface area (Å²) in [7, 11) is 0. The van der Waals surface area contributed by atoms with Crippen molar-refractivity contribution >= 4 is 22.8 Å². The van der Waals surface area contributed by atoms with E-state index in [1.54, 1.807) is 29.8 Å². The molecule has 1 aliphatic rings. The van der Waals surface area contributed by atoms with Gasteiger partial charge in [-0.25, -0.2) is 9.97 Å². The van der Waals surface area contributed by atoms with Gasteiger partial charge >= 0.3 is 6.61 Å². The summed E-state index contributed by atoms with van der Waals surface area (Å²) in [6.45, 7) is 0.834. The van der Waals surface area contributed by atoms with E-state index in [1.165, 1.54) is 12.1 Å². The number of aryl methyl sites for hydroxylation is 1. The molecule has 3 aromatic rings. The first kappa shape index (κ1) is 19.8. The topological polar surface area (TPSA) is 57.0 Å². The van der Waals surface area contributed by atoms with Gasteiger partial charge in [-0.05, 0) is 56.4 Å². The lowest BCUT2D eigenvalue weighted by Crippen LogP contribution is -2.29. The number of ether oxygens (including phenoxy) is 1. The number of benzene rings is 1. The minimum atomic E-state index is -2.93. The number of halogens is 3. The molecule has 1 fully saturated rings. The minimum absolute atomic E-state index is 0.0204. The Kier molecular flexibility index (Phi) is 5.25. The first-order chi connectivity index (χ1) is 13.9. The summed E-state index contributed by atoms with van der Waals surface area (Å²) in [6.07, 6.45) is 4.65. The summed E-state index contributed by atoms with van der Waals surface area (Å²) in [4.78, 5) is 21.9. The summed E-state index contributed by atoms with van der Waals surface area (Å²) >= 11 is 6.37. The third-order valence-corrected chi connectivity index (χ3v) is 5.63. The highest BCUT2D eigenvalue weighted by Crippen LogP contribution is 2.42. The van der Waals surface area contributed by atoms with Crippen LogP contribution in [-0.4, -0.2) is 21.1 Å². The number of aromatic nitrogens is 3. The predicted octanol–water partition coefficient (Wildman–Crippen LogP) is 5.38. The lowest BCUT2D eigenvalue weighted by atomic mass is 10.0. The van der Waals surface area contributed by atoms with Gasteiger partial charge in [-0.1, -0.05) is 18.5 Å². The number of rotatable bonds is 6. The van der Waals surface area contributed by atoms with Crippen molar-refractivity contribution in [2.45, 2.75) is 45.8 Å². The van der Waals surface area contributed by atoms with Crippen molar-refractivity contribution in [2.24, 2.45) is 5.92 Å². The van der Waals surface area contributed by atoms with Crippen molar-refractivity contribution in [3.05, 3.63) is 51.5 Å². The highest BCUT2D eigenvalue weighted by Gasteiger charge is 2.33. The highest BCUT2D eigenvalue weighted by molar-refractivity contribution is 6.33. The van der Waals surface area contributed by atoms with Crippen LogP contribution >= 0.6 is 11.6 Å². The van der Waals surface area contributed by atoms with Gasteiger partial charge in [-0.2, -0.15) is 8.78 Å². The summed E-state index contributed by atoms with van der Waals surface area (Å²) < 4.78 is 31.1. The van der Waals surface area contributed by atoms with Gasteiger partial charge in [-0.3, -0.25) is 9.36 Å². The maximum atomic E-state index is 12.9. The Hall–Kier alpha value is -2.54. The second-order valence-corrected chi connectivity index (χ2v) is 7.64. The van der Waals surface area contributed by atoms with E-state index in [1.807, 2.05) is 0 Å². The molecule has 2 heterocycles. The Labute approximate surface area is 171 Å². The largest absolute Gasteiger partial charge is 0.435 e. The van der Waals surface area contributed by atoms with Gasteiger partial charge in [0, 0.05) is 23.4 Å². The van der Waals surface area contributed by atoms with E-state index in [0.29, 0.717) is 33.9 Å². The Morgan fingerprint density at radius 2 is 2.03 bits per heavy atom. The van der Waals surface area contributed by atoms with Gasteiger partial charge in [0.25, 0.3) is 5.56 Å². The molecule has 0 saturated heterocycles. The van der Waals surface area contributed by atoms with E-state index in [0.717, 1.165) is 19.3 Å². The molecule has 0 radical (unpaired) electrons. The molecule has 1 aromatic carbocycles. The van der Waals surface area contributed by atoms with Crippen LogP contribution in [0, 0.1) is 12.8 Å². The Balaban J connectivity index is 1.91. The monoisotopic (exact) mass is 419 g/mol. The predicted molar refractivity (Wildman–Crippen MR) is 108 cm³/mol.